The van der Waals surface area contributed by atoms with Crippen molar-refractivity contribution in [3.63, 3.8) is 0 Å². The topological polar surface area (TPSA) is 60.9 Å². The van der Waals surface area contributed by atoms with E-state index in [0.29, 0.717) is 67.5 Å². The van der Waals surface area contributed by atoms with Crippen molar-refractivity contribution >= 4 is 27.5 Å². The molecule has 3 rings (SSSR count). The molecule has 0 atom stereocenters. The Kier molecular flexibility index (Phi) is 7.92. The number of benzene rings is 2. The second kappa shape index (κ2) is 10.3. The highest BCUT2D eigenvalue weighted by molar-refractivity contribution is 7.89. The minimum atomic E-state index is -3.66. The van der Waals surface area contributed by atoms with Gasteiger partial charge in [0.25, 0.3) is 5.91 Å². The number of halogens is 2. The Morgan fingerprint density at radius 2 is 1.75 bits per heavy atom. The normalized spacial score (nSPS) is 15.4. The Morgan fingerprint density at radius 1 is 1.09 bits per heavy atom. The molecule has 1 aliphatic rings. The van der Waals surface area contributed by atoms with Crippen molar-refractivity contribution in [2.75, 3.05) is 39.3 Å². The fourth-order valence-corrected chi connectivity index (χ4v) is 5.84. The van der Waals surface area contributed by atoms with E-state index in [0.717, 1.165) is 0 Å². The molecule has 2 aromatic rings. The van der Waals surface area contributed by atoms with E-state index in [1.54, 1.807) is 49.9 Å². The van der Waals surface area contributed by atoms with E-state index in [1.165, 1.54) is 16.4 Å². The van der Waals surface area contributed by atoms with Crippen LogP contribution in [0.4, 0.5) is 4.39 Å². The number of carbonyl (C=O) groups excluding carboxylic acids is 1. The molecule has 0 saturated carbocycles. The average Bonchev–Trinajstić information content (AvgIpc) is 2.77. The summed E-state index contributed by atoms with van der Waals surface area (Å²) in [4.78, 5) is 17.0. The zero-order chi connectivity index (χ0) is 23.5. The number of hydrogen-bond acceptors (Lipinski definition) is 4. The minimum absolute atomic E-state index is 0.167. The summed E-state index contributed by atoms with van der Waals surface area (Å²) < 4.78 is 41.4. The van der Waals surface area contributed by atoms with Crippen molar-refractivity contribution in [1.29, 1.82) is 0 Å². The number of carbonyl (C=O) groups is 1. The number of nitrogens with zero attached hydrogens (tertiary/aromatic N) is 3. The summed E-state index contributed by atoms with van der Waals surface area (Å²) in [5.74, 6) is -0.540. The third-order valence-corrected chi connectivity index (χ3v) is 8.41. The van der Waals surface area contributed by atoms with E-state index in [1.807, 2.05) is 0 Å². The van der Waals surface area contributed by atoms with E-state index >= 15 is 0 Å². The summed E-state index contributed by atoms with van der Waals surface area (Å²) in [6.45, 7) is 8.52. The Labute approximate surface area is 194 Å². The first-order chi connectivity index (χ1) is 15.2. The molecule has 1 saturated heterocycles. The number of amides is 1. The van der Waals surface area contributed by atoms with Crippen LogP contribution in [0.1, 0.15) is 35.3 Å². The molecule has 2 aromatic carbocycles. The predicted octanol–water partition coefficient (Wildman–Crippen LogP) is 3.78. The maximum atomic E-state index is 14.1. The van der Waals surface area contributed by atoms with Crippen LogP contribution >= 0.6 is 11.6 Å². The second-order valence-electron chi connectivity index (χ2n) is 7.84. The molecule has 9 heteroatoms. The van der Waals surface area contributed by atoms with Crippen LogP contribution < -0.4 is 0 Å². The van der Waals surface area contributed by atoms with Gasteiger partial charge in [-0.05, 0) is 36.8 Å². The van der Waals surface area contributed by atoms with Crippen LogP contribution in [0.15, 0.2) is 41.3 Å². The maximum absolute atomic E-state index is 14.1. The molecule has 0 radical (unpaired) electrons. The summed E-state index contributed by atoms with van der Waals surface area (Å²) in [6.07, 6.45) is 0. The lowest BCUT2D eigenvalue weighted by atomic mass is 10.1. The Morgan fingerprint density at radius 3 is 2.34 bits per heavy atom. The largest absolute Gasteiger partial charge is 0.336 e. The van der Waals surface area contributed by atoms with Gasteiger partial charge in [0.1, 0.15) is 5.82 Å². The Bertz CT molecular complexity index is 1060. The van der Waals surface area contributed by atoms with E-state index in [-0.39, 0.29) is 16.6 Å². The summed E-state index contributed by atoms with van der Waals surface area (Å²) >= 11 is 6.13. The van der Waals surface area contributed by atoms with Gasteiger partial charge in [-0.3, -0.25) is 9.69 Å². The van der Waals surface area contributed by atoms with Crippen LogP contribution in [0.5, 0.6) is 0 Å². The summed E-state index contributed by atoms with van der Waals surface area (Å²) in [6, 6.07) is 9.47. The van der Waals surface area contributed by atoms with Gasteiger partial charge in [0.15, 0.2) is 0 Å². The fourth-order valence-electron chi connectivity index (χ4n) is 3.91. The molecule has 32 heavy (non-hydrogen) atoms. The van der Waals surface area contributed by atoms with Crippen LogP contribution in [0.3, 0.4) is 0 Å². The van der Waals surface area contributed by atoms with Crippen molar-refractivity contribution in [2.45, 2.75) is 32.2 Å². The number of aryl methyl sites for hydroxylation is 1. The van der Waals surface area contributed by atoms with Gasteiger partial charge in [-0.1, -0.05) is 37.6 Å². The molecule has 1 amide bonds. The molecular formula is C23H29ClFN3O3S. The molecule has 0 N–H and O–H groups in total. The molecule has 174 valence electrons. The van der Waals surface area contributed by atoms with Crippen molar-refractivity contribution in [3.8, 4) is 0 Å². The van der Waals surface area contributed by atoms with Gasteiger partial charge in [0, 0.05) is 62.0 Å². The number of rotatable bonds is 7. The fraction of sp³-hybridized carbons (Fsp3) is 0.435. The molecule has 1 heterocycles. The second-order valence-corrected chi connectivity index (χ2v) is 10.2. The molecule has 0 unspecified atom stereocenters. The minimum Gasteiger partial charge on any atom is -0.336 e. The first-order valence-corrected chi connectivity index (χ1v) is 12.6. The molecule has 1 fully saturated rings. The number of hydrogen-bond donors (Lipinski definition) is 0. The first kappa shape index (κ1) is 24.6. The Hall–Kier alpha value is -2.00. The van der Waals surface area contributed by atoms with Crippen molar-refractivity contribution in [1.82, 2.24) is 14.1 Å². The van der Waals surface area contributed by atoms with Gasteiger partial charge in [0.05, 0.1) is 4.90 Å². The lowest BCUT2D eigenvalue weighted by Crippen LogP contribution is -2.48. The first-order valence-electron chi connectivity index (χ1n) is 10.7. The third kappa shape index (κ3) is 5.14. The molecule has 1 aliphatic heterocycles. The highest BCUT2D eigenvalue weighted by atomic mass is 35.5. The van der Waals surface area contributed by atoms with Gasteiger partial charge in [-0.2, -0.15) is 4.31 Å². The lowest BCUT2D eigenvalue weighted by Gasteiger charge is -2.35. The quantitative estimate of drug-likeness (QED) is 0.604. The lowest BCUT2D eigenvalue weighted by molar-refractivity contribution is 0.0627. The zero-order valence-electron chi connectivity index (χ0n) is 18.6. The summed E-state index contributed by atoms with van der Waals surface area (Å²) in [5.41, 5.74) is 1.42. The van der Waals surface area contributed by atoms with E-state index in [4.69, 9.17) is 11.6 Å². The highest BCUT2D eigenvalue weighted by Gasteiger charge is 2.27. The number of sulfonamides is 1. The predicted molar refractivity (Wildman–Crippen MR) is 124 cm³/mol. The van der Waals surface area contributed by atoms with Crippen LogP contribution in [0.25, 0.3) is 0 Å². The van der Waals surface area contributed by atoms with Crippen LogP contribution in [-0.2, 0) is 16.6 Å². The number of piperazine rings is 1. The van der Waals surface area contributed by atoms with Gasteiger partial charge < -0.3 is 4.90 Å². The van der Waals surface area contributed by atoms with E-state index in [9.17, 15) is 17.6 Å². The molecule has 6 nitrogen and oxygen atoms in total. The van der Waals surface area contributed by atoms with Gasteiger partial charge in [-0.25, -0.2) is 12.8 Å². The molecule has 0 aliphatic carbocycles. The molecule has 0 spiro atoms. The van der Waals surface area contributed by atoms with Crippen LogP contribution in [-0.4, -0.2) is 67.7 Å². The summed E-state index contributed by atoms with van der Waals surface area (Å²) in [7, 11) is -3.66. The van der Waals surface area contributed by atoms with Crippen LogP contribution in [0.2, 0.25) is 5.02 Å². The average molecular weight is 482 g/mol. The maximum Gasteiger partial charge on any atom is 0.253 e. The van der Waals surface area contributed by atoms with Crippen molar-refractivity contribution < 1.29 is 17.6 Å². The summed E-state index contributed by atoms with van der Waals surface area (Å²) in [5, 5.41) is 0.394. The van der Waals surface area contributed by atoms with Gasteiger partial charge >= 0.3 is 0 Å². The van der Waals surface area contributed by atoms with Crippen molar-refractivity contribution in [2.24, 2.45) is 0 Å². The SMILES string of the molecule is CCN(CC)S(=O)(=O)c1cc(C(=O)N2CCN(Cc3c(F)cccc3Cl)CC2)ccc1C. The standard InChI is InChI=1S/C23H29ClFN3O3S/c1-4-28(5-2)32(30,31)22-15-18(10-9-17(22)3)23(29)27-13-11-26(12-14-27)16-19-20(24)7-6-8-21(19)25/h6-10,15H,4-5,11-14,16H2,1-3H3. The highest BCUT2D eigenvalue weighted by Crippen LogP contribution is 2.24. The van der Waals surface area contributed by atoms with E-state index in [2.05, 4.69) is 4.90 Å². The monoisotopic (exact) mass is 481 g/mol. The Balaban J connectivity index is 1.72. The van der Waals surface area contributed by atoms with Crippen LogP contribution in [0, 0.1) is 12.7 Å². The van der Waals surface area contributed by atoms with E-state index < -0.39 is 10.0 Å². The zero-order valence-corrected chi connectivity index (χ0v) is 20.2. The van der Waals surface area contributed by atoms with Gasteiger partial charge in [0.2, 0.25) is 10.0 Å². The van der Waals surface area contributed by atoms with Gasteiger partial charge in [-0.15, -0.1) is 0 Å². The van der Waals surface area contributed by atoms with Crippen molar-refractivity contribution in [3.05, 3.63) is 63.9 Å². The molecule has 0 bridgehead atoms. The molecule has 0 aromatic heterocycles. The smallest absolute Gasteiger partial charge is 0.253 e. The third-order valence-electron chi connectivity index (χ3n) is 5.86. The molecular weight excluding hydrogens is 453 g/mol.